The molecule has 0 saturated carbocycles. The van der Waals surface area contributed by atoms with E-state index in [-0.39, 0.29) is 29.1 Å². The predicted molar refractivity (Wildman–Crippen MR) is 99.0 cm³/mol. The first-order chi connectivity index (χ1) is 13.0. The molecule has 1 aliphatic rings. The lowest BCUT2D eigenvalue weighted by atomic mass is 10.0. The first kappa shape index (κ1) is 21.4. The van der Waals surface area contributed by atoms with Crippen molar-refractivity contribution in [2.75, 3.05) is 37.8 Å². The Hall–Kier alpha value is -1.87. The van der Waals surface area contributed by atoms with Gasteiger partial charge in [0.15, 0.2) is 0 Å². The Morgan fingerprint density at radius 1 is 1.26 bits per heavy atom. The molecule has 2 amide bonds. The van der Waals surface area contributed by atoms with Crippen molar-refractivity contribution in [1.29, 1.82) is 0 Å². The molecule has 2 rings (SSSR count). The van der Waals surface area contributed by atoms with Crippen molar-refractivity contribution in [2.45, 2.75) is 26.0 Å². The van der Waals surface area contributed by atoms with Gasteiger partial charge in [0.05, 0.1) is 30.8 Å². The van der Waals surface area contributed by atoms with Gasteiger partial charge in [-0.15, -0.1) is 11.8 Å². The fraction of sp³-hybridized carbons (Fsp3) is 0.556. The van der Waals surface area contributed by atoms with Crippen LogP contribution in [-0.2, 0) is 14.3 Å². The zero-order valence-electron chi connectivity index (χ0n) is 15.2. The fourth-order valence-electron chi connectivity index (χ4n) is 2.74. The van der Waals surface area contributed by atoms with E-state index in [1.54, 1.807) is 23.1 Å². The quantitative estimate of drug-likeness (QED) is 0.687. The van der Waals surface area contributed by atoms with Gasteiger partial charge in [-0.2, -0.15) is 8.78 Å². The van der Waals surface area contributed by atoms with Crippen molar-refractivity contribution < 1.29 is 27.8 Å². The van der Waals surface area contributed by atoms with Crippen LogP contribution in [-0.4, -0.2) is 61.1 Å². The highest BCUT2D eigenvalue weighted by atomic mass is 32.2. The molecule has 1 heterocycles. The number of thioether (sulfide) groups is 1. The maximum Gasteiger partial charge on any atom is 0.387 e. The molecule has 1 saturated heterocycles. The third-order valence-corrected chi connectivity index (χ3v) is 4.99. The van der Waals surface area contributed by atoms with Gasteiger partial charge in [0.25, 0.3) is 0 Å². The van der Waals surface area contributed by atoms with Crippen LogP contribution < -0.4 is 10.1 Å². The highest BCUT2D eigenvalue weighted by Crippen LogP contribution is 2.28. The molecule has 1 atom stereocenters. The zero-order chi connectivity index (χ0) is 19.6. The number of rotatable bonds is 9. The first-order valence-electron chi connectivity index (χ1n) is 8.77. The largest absolute Gasteiger partial charge is 0.434 e. The third-order valence-electron chi connectivity index (χ3n) is 4.08. The topological polar surface area (TPSA) is 67.9 Å². The number of hydrogen-bond acceptors (Lipinski definition) is 5. The molecular formula is C18H24F2N2O4S. The van der Waals surface area contributed by atoms with Gasteiger partial charge in [0, 0.05) is 18.7 Å². The smallest absolute Gasteiger partial charge is 0.387 e. The third kappa shape index (κ3) is 6.99. The van der Waals surface area contributed by atoms with E-state index < -0.39 is 12.7 Å². The maximum atomic E-state index is 12.6. The molecule has 0 radical (unpaired) electrons. The van der Waals surface area contributed by atoms with Gasteiger partial charge in [0.1, 0.15) is 5.75 Å². The number of halogens is 2. The number of alkyl halides is 2. The average Bonchev–Trinajstić information content (AvgIpc) is 2.67. The fourth-order valence-corrected chi connectivity index (χ4v) is 3.47. The molecule has 27 heavy (non-hydrogen) atoms. The molecule has 0 bridgehead atoms. The number of carbonyl (C=O) groups excluding carboxylic acids is 2. The molecule has 9 heteroatoms. The van der Waals surface area contributed by atoms with Gasteiger partial charge >= 0.3 is 6.61 Å². The van der Waals surface area contributed by atoms with Gasteiger partial charge in [0.2, 0.25) is 11.8 Å². The lowest BCUT2D eigenvalue weighted by Gasteiger charge is -2.26. The molecule has 1 unspecified atom stereocenters. The summed E-state index contributed by atoms with van der Waals surface area (Å²) in [6, 6.07) is 5.97. The second kappa shape index (κ2) is 11.1. The Labute approximate surface area is 161 Å². The zero-order valence-corrected chi connectivity index (χ0v) is 16.0. The molecule has 1 aliphatic heterocycles. The van der Waals surface area contributed by atoms with E-state index in [0.29, 0.717) is 38.3 Å². The molecule has 1 aromatic carbocycles. The number of nitrogens with zero attached hydrogens (tertiary/aromatic N) is 1. The van der Waals surface area contributed by atoms with Crippen molar-refractivity contribution in [1.82, 2.24) is 10.2 Å². The van der Waals surface area contributed by atoms with Crippen LogP contribution in [0.2, 0.25) is 0 Å². The summed E-state index contributed by atoms with van der Waals surface area (Å²) in [5.41, 5.74) is 0.503. The van der Waals surface area contributed by atoms with Crippen LogP contribution in [0.5, 0.6) is 5.75 Å². The summed E-state index contributed by atoms with van der Waals surface area (Å²) < 4.78 is 34.9. The summed E-state index contributed by atoms with van der Waals surface area (Å²) in [6.45, 7) is 1.14. The van der Waals surface area contributed by atoms with Crippen LogP contribution in [0.25, 0.3) is 0 Å². The Kier molecular flexibility index (Phi) is 8.80. The van der Waals surface area contributed by atoms with E-state index in [2.05, 4.69) is 10.1 Å². The maximum absolute atomic E-state index is 12.6. The predicted octanol–water partition coefficient (Wildman–Crippen LogP) is 2.45. The molecule has 1 N–H and O–H groups in total. The number of morpholine rings is 1. The van der Waals surface area contributed by atoms with E-state index in [9.17, 15) is 18.4 Å². The highest BCUT2D eigenvalue weighted by molar-refractivity contribution is 8.00. The first-order valence-corrected chi connectivity index (χ1v) is 9.93. The lowest BCUT2D eigenvalue weighted by molar-refractivity contribution is -0.132. The Morgan fingerprint density at radius 3 is 2.63 bits per heavy atom. The minimum atomic E-state index is -2.93. The number of para-hydroxylation sites is 1. The van der Waals surface area contributed by atoms with E-state index in [1.165, 1.54) is 17.8 Å². The van der Waals surface area contributed by atoms with E-state index >= 15 is 0 Å². The van der Waals surface area contributed by atoms with Crippen LogP contribution in [0.15, 0.2) is 24.3 Å². The summed E-state index contributed by atoms with van der Waals surface area (Å²) in [5.74, 6) is 0.113. The normalized spacial score (nSPS) is 15.5. The SMILES string of the molecule is CCC(NC(=O)CSCC(=O)N1CCOCC1)c1ccccc1OC(F)F. The van der Waals surface area contributed by atoms with E-state index in [4.69, 9.17) is 4.74 Å². The standard InChI is InChI=1S/C18H24F2N2O4S/c1-2-14(13-5-3-4-6-15(13)26-18(19)20)21-16(23)11-27-12-17(24)22-7-9-25-10-8-22/h3-6,14,18H,2,7-12H2,1H3,(H,21,23). The molecule has 0 aromatic heterocycles. The van der Waals surface area contributed by atoms with E-state index in [1.807, 2.05) is 6.92 Å². The van der Waals surface area contributed by atoms with Crippen LogP contribution in [0.1, 0.15) is 24.9 Å². The minimum Gasteiger partial charge on any atom is -0.434 e. The van der Waals surface area contributed by atoms with Gasteiger partial charge in [-0.05, 0) is 12.5 Å². The van der Waals surface area contributed by atoms with Crippen molar-refractivity contribution in [3.8, 4) is 5.75 Å². The summed E-state index contributed by atoms with van der Waals surface area (Å²) >= 11 is 1.23. The minimum absolute atomic E-state index is 0.0150. The second-order valence-corrected chi connectivity index (χ2v) is 6.92. The van der Waals surface area contributed by atoms with Crippen molar-refractivity contribution in [3.05, 3.63) is 29.8 Å². The summed E-state index contributed by atoms with van der Waals surface area (Å²) in [4.78, 5) is 26.0. The molecule has 1 aromatic rings. The van der Waals surface area contributed by atoms with Crippen LogP contribution in [0, 0.1) is 0 Å². The number of hydrogen-bond donors (Lipinski definition) is 1. The summed E-state index contributed by atoms with van der Waals surface area (Å²) in [6.07, 6.45) is 0.521. The molecule has 1 fully saturated rings. The van der Waals surface area contributed by atoms with Gasteiger partial charge in [-0.25, -0.2) is 0 Å². The number of nitrogens with one attached hydrogen (secondary N) is 1. The monoisotopic (exact) mass is 402 g/mol. The lowest BCUT2D eigenvalue weighted by Crippen LogP contribution is -2.41. The molecule has 0 spiro atoms. The van der Waals surface area contributed by atoms with Crippen molar-refractivity contribution in [3.63, 3.8) is 0 Å². The summed E-state index contributed by atoms with van der Waals surface area (Å²) in [5, 5.41) is 2.82. The number of amides is 2. The number of benzene rings is 1. The van der Waals surface area contributed by atoms with Crippen LogP contribution in [0.3, 0.4) is 0 Å². The van der Waals surface area contributed by atoms with Gasteiger partial charge < -0.3 is 19.7 Å². The van der Waals surface area contributed by atoms with Crippen molar-refractivity contribution in [2.24, 2.45) is 0 Å². The highest BCUT2D eigenvalue weighted by Gasteiger charge is 2.20. The van der Waals surface area contributed by atoms with Crippen molar-refractivity contribution >= 4 is 23.6 Å². The molecule has 0 aliphatic carbocycles. The Morgan fingerprint density at radius 2 is 1.96 bits per heavy atom. The van der Waals surface area contributed by atoms with Crippen LogP contribution in [0.4, 0.5) is 8.78 Å². The Balaban J connectivity index is 1.83. The van der Waals surface area contributed by atoms with E-state index in [0.717, 1.165) is 0 Å². The number of ether oxygens (including phenoxy) is 2. The molecule has 150 valence electrons. The second-order valence-electron chi connectivity index (χ2n) is 5.93. The van der Waals surface area contributed by atoms with Gasteiger partial charge in [-0.1, -0.05) is 25.1 Å². The number of carbonyl (C=O) groups is 2. The van der Waals surface area contributed by atoms with Crippen LogP contribution >= 0.6 is 11.8 Å². The molecular weight excluding hydrogens is 378 g/mol. The van der Waals surface area contributed by atoms with Gasteiger partial charge in [-0.3, -0.25) is 9.59 Å². The summed E-state index contributed by atoms with van der Waals surface area (Å²) in [7, 11) is 0. The Bertz CT molecular complexity index is 627. The molecule has 6 nitrogen and oxygen atoms in total. The average molecular weight is 402 g/mol.